The van der Waals surface area contributed by atoms with Gasteiger partial charge in [-0.2, -0.15) is 18.2 Å². The number of aromatic nitrogens is 2. The normalized spacial score (nSPS) is 11.4. The Hall–Kier alpha value is -3.23. The average Bonchev–Trinajstić information content (AvgIpc) is 3.09. The minimum Gasteiger partial charge on any atom is -0.339 e. The van der Waals surface area contributed by atoms with Crippen molar-refractivity contribution in [1.29, 1.82) is 0 Å². The average molecular weight is 379 g/mol. The van der Waals surface area contributed by atoms with Crippen LogP contribution in [-0.4, -0.2) is 16.0 Å². The molecular weight excluding hydrogens is 366 g/mol. The molecule has 0 saturated heterocycles. The first-order valence-corrected chi connectivity index (χ1v) is 7.87. The molecule has 1 heterocycles. The number of nitrogens with one attached hydrogen (secondary N) is 1. The van der Waals surface area contributed by atoms with Crippen molar-refractivity contribution in [3.8, 4) is 11.4 Å². The Morgan fingerprint density at radius 1 is 1.07 bits per heavy atom. The Balaban J connectivity index is 1.56. The highest BCUT2D eigenvalue weighted by molar-refractivity contribution is 5.90. The number of rotatable bonds is 5. The molecule has 0 unspecified atom stereocenters. The number of hydrogen-bond acceptors (Lipinski definition) is 4. The maximum Gasteiger partial charge on any atom is 0.416 e. The van der Waals surface area contributed by atoms with Gasteiger partial charge in [0.2, 0.25) is 17.6 Å². The lowest BCUT2D eigenvalue weighted by molar-refractivity contribution is -0.137. The number of benzene rings is 2. The smallest absolute Gasteiger partial charge is 0.339 e. The zero-order valence-electron chi connectivity index (χ0n) is 13.8. The summed E-state index contributed by atoms with van der Waals surface area (Å²) in [5, 5.41) is 6.16. The van der Waals surface area contributed by atoms with Gasteiger partial charge in [-0.1, -0.05) is 17.3 Å². The van der Waals surface area contributed by atoms with E-state index in [1.165, 1.54) is 30.3 Å². The van der Waals surface area contributed by atoms with E-state index in [0.717, 1.165) is 12.1 Å². The van der Waals surface area contributed by atoms with Crippen LogP contribution in [0.3, 0.4) is 0 Å². The Labute approximate surface area is 151 Å². The lowest BCUT2D eigenvalue weighted by Gasteiger charge is -2.08. The summed E-state index contributed by atoms with van der Waals surface area (Å²) in [4.78, 5) is 16.0. The molecule has 27 heavy (non-hydrogen) atoms. The van der Waals surface area contributed by atoms with E-state index in [0.29, 0.717) is 0 Å². The SMILES string of the molecule is O=C(CCc1nc(-c2ccccc2F)no1)Nc1ccc(C(F)(F)F)cc1. The number of halogens is 4. The lowest BCUT2D eigenvalue weighted by atomic mass is 10.2. The van der Waals surface area contributed by atoms with Crippen molar-refractivity contribution in [2.24, 2.45) is 0 Å². The standard InChI is InChI=1S/C18H13F4N3O2/c19-14-4-2-1-3-13(14)17-24-16(27-25-17)10-9-15(26)23-12-7-5-11(6-8-12)18(20,21)22/h1-8H,9-10H2,(H,23,26). The maximum atomic E-state index is 13.7. The number of alkyl halides is 3. The fraction of sp³-hybridized carbons (Fsp3) is 0.167. The van der Waals surface area contributed by atoms with Crippen LogP contribution in [0.2, 0.25) is 0 Å². The minimum absolute atomic E-state index is 0.0278. The highest BCUT2D eigenvalue weighted by atomic mass is 19.4. The largest absolute Gasteiger partial charge is 0.416 e. The molecule has 1 aromatic heterocycles. The summed E-state index contributed by atoms with van der Waals surface area (Å²) in [6, 6.07) is 10.0. The zero-order chi connectivity index (χ0) is 19.4. The molecular formula is C18H13F4N3O2. The number of carbonyl (C=O) groups is 1. The van der Waals surface area contributed by atoms with Crippen LogP contribution in [-0.2, 0) is 17.4 Å². The molecule has 0 spiro atoms. The molecule has 0 saturated carbocycles. The van der Waals surface area contributed by atoms with Gasteiger partial charge in [0.05, 0.1) is 11.1 Å². The fourth-order valence-electron chi connectivity index (χ4n) is 2.29. The number of amides is 1. The van der Waals surface area contributed by atoms with Crippen molar-refractivity contribution in [2.75, 3.05) is 5.32 Å². The van der Waals surface area contributed by atoms with Crippen LogP contribution < -0.4 is 5.32 Å². The molecule has 0 bridgehead atoms. The van der Waals surface area contributed by atoms with Gasteiger partial charge in [0.25, 0.3) is 0 Å². The van der Waals surface area contributed by atoms with Crippen molar-refractivity contribution in [3.05, 3.63) is 65.8 Å². The Morgan fingerprint density at radius 2 is 1.78 bits per heavy atom. The van der Waals surface area contributed by atoms with Crippen LogP contribution in [0.15, 0.2) is 53.1 Å². The molecule has 1 amide bonds. The highest BCUT2D eigenvalue weighted by Crippen LogP contribution is 2.29. The Bertz CT molecular complexity index is 936. The number of aryl methyl sites for hydroxylation is 1. The quantitative estimate of drug-likeness (QED) is 0.665. The van der Waals surface area contributed by atoms with Crippen molar-refractivity contribution in [2.45, 2.75) is 19.0 Å². The number of carbonyl (C=O) groups excluding carboxylic acids is 1. The van der Waals surface area contributed by atoms with Gasteiger partial charge in [-0.3, -0.25) is 4.79 Å². The second-order valence-corrected chi connectivity index (χ2v) is 5.61. The molecule has 1 N–H and O–H groups in total. The van der Waals surface area contributed by atoms with Crippen molar-refractivity contribution >= 4 is 11.6 Å². The van der Waals surface area contributed by atoms with Crippen LogP contribution in [0.4, 0.5) is 23.2 Å². The monoisotopic (exact) mass is 379 g/mol. The second kappa shape index (κ2) is 7.56. The van der Waals surface area contributed by atoms with Crippen molar-refractivity contribution in [1.82, 2.24) is 10.1 Å². The van der Waals surface area contributed by atoms with Crippen LogP contribution in [0, 0.1) is 5.82 Å². The molecule has 5 nitrogen and oxygen atoms in total. The molecule has 0 fully saturated rings. The summed E-state index contributed by atoms with van der Waals surface area (Å²) in [5.41, 5.74) is -0.376. The molecule has 9 heteroatoms. The Kier molecular flexibility index (Phi) is 5.20. The van der Waals surface area contributed by atoms with Crippen LogP contribution in [0.5, 0.6) is 0 Å². The van der Waals surface area contributed by atoms with E-state index in [-0.39, 0.29) is 35.8 Å². The number of anilines is 1. The Morgan fingerprint density at radius 3 is 2.44 bits per heavy atom. The second-order valence-electron chi connectivity index (χ2n) is 5.61. The van der Waals surface area contributed by atoms with Gasteiger partial charge < -0.3 is 9.84 Å². The maximum absolute atomic E-state index is 13.7. The van der Waals surface area contributed by atoms with Crippen molar-refractivity contribution < 1.29 is 26.9 Å². The summed E-state index contributed by atoms with van der Waals surface area (Å²) < 4.78 is 56.2. The van der Waals surface area contributed by atoms with Crippen LogP contribution in [0.25, 0.3) is 11.4 Å². The molecule has 0 aliphatic carbocycles. The predicted molar refractivity (Wildman–Crippen MR) is 88.1 cm³/mol. The summed E-state index contributed by atoms with van der Waals surface area (Å²) in [7, 11) is 0. The molecule has 0 aliphatic heterocycles. The summed E-state index contributed by atoms with van der Waals surface area (Å²) >= 11 is 0. The fourth-order valence-corrected chi connectivity index (χ4v) is 2.29. The first-order chi connectivity index (χ1) is 12.8. The number of hydrogen-bond donors (Lipinski definition) is 1. The van der Waals surface area contributed by atoms with Crippen molar-refractivity contribution in [3.63, 3.8) is 0 Å². The lowest BCUT2D eigenvalue weighted by Crippen LogP contribution is -2.13. The third-order valence-electron chi connectivity index (χ3n) is 3.64. The minimum atomic E-state index is -4.43. The third-order valence-corrected chi connectivity index (χ3v) is 3.64. The topological polar surface area (TPSA) is 68.0 Å². The van der Waals surface area contributed by atoms with Gasteiger partial charge in [-0.05, 0) is 36.4 Å². The number of nitrogens with zero attached hydrogens (tertiary/aromatic N) is 2. The first-order valence-electron chi connectivity index (χ1n) is 7.87. The summed E-state index contributed by atoms with van der Waals surface area (Å²) in [6.07, 6.45) is -4.36. The predicted octanol–water partition coefficient (Wildman–Crippen LogP) is 4.47. The molecule has 0 aliphatic rings. The van der Waals surface area contributed by atoms with Gasteiger partial charge in [0, 0.05) is 18.5 Å². The van der Waals surface area contributed by atoms with Gasteiger partial charge in [-0.25, -0.2) is 4.39 Å². The van der Waals surface area contributed by atoms with Gasteiger partial charge in [0.1, 0.15) is 5.82 Å². The molecule has 3 aromatic rings. The van der Waals surface area contributed by atoms with E-state index in [4.69, 9.17) is 4.52 Å². The third kappa shape index (κ3) is 4.69. The highest BCUT2D eigenvalue weighted by Gasteiger charge is 2.30. The molecule has 2 aromatic carbocycles. The molecule has 3 rings (SSSR count). The first kappa shape index (κ1) is 18.6. The van der Waals surface area contributed by atoms with E-state index in [2.05, 4.69) is 15.5 Å². The molecule has 140 valence electrons. The van der Waals surface area contributed by atoms with Gasteiger partial charge in [0.15, 0.2) is 0 Å². The van der Waals surface area contributed by atoms with E-state index < -0.39 is 23.5 Å². The zero-order valence-corrected chi connectivity index (χ0v) is 13.8. The van der Waals surface area contributed by atoms with E-state index >= 15 is 0 Å². The summed E-state index contributed by atoms with van der Waals surface area (Å²) in [5.74, 6) is -0.702. The van der Waals surface area contributed by atoms with Gasteiger partial charge >= 0.3 is 6.18 Å². The summed E-state index contributed by atoms with van der Waals surface area (Å²) in [6.45, 7) is 0. The van der Waals surface area contributed by atoms with Crippen LogP contribution in [0.1, 0.15) is 17.9 Å². The van der Waals surface area contributed by atoms with Crippen LogP contribution >= 0.6 is 0 Å². The molecule has 0 radical (unpaired) electrons. The van der Waals surface area contributed by atoms with Gasteiger partial charge in [-0.15, -0.1) is 0 Å². The van der Waals surface area contributed by atoms with E-state index in [9.17, 15) is 22.4 Å². The van der Waals surface area contributed by atoms with E-state index in [1.807, 2.05) is 0 Å². The molecule has 0 atom stereocenters. The van der Waals surface area contributed by atoms with E-state index in [1.54, 1.807) is 6.07 Å².